The highest BCUT2D eigenvalue weighted by Crippen LogP contribution is 2.26. The predicted octanol–water partition coefficient (Wildman–Crippen LogP) is 2.23. The van der Waals surface area contributed by atoms with Crippen molar-refractivity contribution in [1.82, 2.24) is 15.1 Å². The second kappa shape index (κ2) is 6.36. The van der Waals surface area contributed by atoms with Crippen LogP contribution < -0.4 is 10.2 Å². The molecule has 1 unspecified atom stereocenters. The van der Waals surface area contributed by atoms with Crippen molar-refractivity contribution in [2.75, 3.05) is 24.6 Å². The molecule has 0 radical (unpaired) electrons. The summed E-state index contributed by atoms with van der Waals surface area (Å²) in [6, 6.07) is 0. The molecule has 1 N–H and O–H groups in total. The summed E-state index contributed by atoms with van der Waals surface area (Å²) in [6.07, 6.45) is 1.39. The van der Waals surface area contributed by atoms with Crippen LogP contribution in [-0.4, -0.2) is 41.1 Å². The van der Waals surface area contributed by atoms with Crippen molar-refractivity contribution >= 4 is 5.82 Å². The number of rotatable bonds is 4. The van der Waals surface area contributed by atoms with Gasteiger partial charge in [0.1, 0.15) is 5.82 Å². The summed E-state index contributed by atoms with van der Waals surface area (Å²) < 4.78 is 7.81. The first-order valence-corrected chi connectivity index (χ1v) is 7.96. The fraction of sp³-hybridized carbons (Fsp3) is 0.812. The Balaban J connectivity index is 2.21. The molecule has 21 heavy (non-hydrogen) atoms. The maximum atomic E-state index is 5.79. The van der Waals surface area contributed by atoms with Crippen LogP contribution in [-0.2, 0) is 18.3 Å². The summed E-state index contributed by atoms with van der Waals surface area (Å²) in [5, 5.41) is 8.22. The van der Waals surface area contributed by atoms with Gasteiger partial charge in [0.25, 0.3) is 0 Å². The topological polar surface area (TPSA) is 42.3 Å². The third-order valence-corrected chi connectivity index (χ3v) is 4.00. The zero-order valence-corrected chi connectivity index (χ0v) is 14.4. The van der Waals surface area contributed by atoms with Crippen molar-refractivity contribution in [3.8, 4) is 0 Å². The number of anilines is 1. The average Bonchev–Trinajstić information content (AvgIpc) is 2.70. The molecule has 5 nitrogen and oxygen atoms in total. The van der Waals surface area contributed by atoms with Gasteiger partial charge in [0.15, 0.2) is 0 Å². The standard InChI is InChI=1S/C16H30N4O/c1-7-13-11-20(8-9-21-13)15-14(10-17-16(3,4)5)12(2)18-19(15)6/h13,17H,7-11H2,1-6H3. The highest BCUT2D eigenvalue weighted by molar-refractivity contribution is 5.50. The van der Waals surface area contributed by atoms with E-state index in [9.17, 15) is 0 Å². The minimum absolute atomic E-state index is 0.108. The Bertz CT molecular complexity index is 475. The van der Waals surface area contributed by atoms with E-state index in [4.69, 9.17) is 4.74 Å². The Hall–Kier alpha value is -1.07. The van der Waals surface area contributed by atoms with E-state index in [0.29, 0.717) is 6.10 Å². The maximum Gasteiger partial charge on any atom is 0.131 e. The molecule has 0 aromatic carbocycles. The van der Waals surface area contributed by atoms with E-state index >= 15 is 0 Å². The van der Waals surface area contributed by atoms with Gasteiger partial charge in [0.05, 0.1) is 18.4 Å². The van der Waals surface area contributed by atoms with Crippen LogP contribution in [0.5, 0.6) is 0 Å². The first kappa shape index (κ1) is 16.3. The molecule has 1 aromatic rings. The van der Waals surface area contributed by atoms with Crippen LogP contribution in [0.25, 0.3) is 0 Å². The molecule has 1 atom stereocenters. The predicted molar refractivity (Wildman–Crippen MR) is 86.8 cm³/mol. The van der Waals surface area contributed by atoms with E-state index in [2.05, 4.69) is 49.9 Å². The monoisotopic (exact) mass is 294 g/mol. The van der Waals surface area contributed by atoms with Crippen molar-refractivity contribution in [3.05, 3.63) is 11.3 Å². The second-order valence-corrected chi connectivity index (χ2v) is 6.96. The average molecular weight is 294 g/mol. The number of aromatic nitrogens is 2. The third-order valence-electron chi connectivity index (χ3n) is 4.00. The minimum atomic E-state index is 0.108. The Kier molecular flexibility index (Phi) is 4.94. The van der Waals surface area contributed by atoms with Crippen molar-refractivity contribution in [2.45, 2.75) is 59.2 Å². The quantitative estimate of drug-likeness (QED) is 0.925. The molecule has 1 saturated heterocycles. The van der Waals surface area contributed by atoms with Crippen LogP contribution in [0.15, 0.2) is 0 Å². The molecule has 1 fully saturated rings. The van der Waals surface area contributed by atoms with E-state index < -0.39 is 0 Å². The van der Waals surface area contributed by atoms with Gasteiger partial charge in [-0.1, -0.05) is 6.92 Å². The Labute approximate surface area is 128 Å². The number of hydrogen-bond donors (Lipinski definition) is 1. The van der Waals surface area contributed by atoms with Gasteiger partial charge in [-0.25, -0.2) is 0 Å². The maximum absolute atomic E-state index is 5.79. The number of hydrogen-bond acceptors (Lipinski definition) is 4. The van der Waals surface area contributed by atoms with Crippen molar-refractivity contribution < 1.29 is 4.74 Å². The molecule has 5 heteroatoms. The lowest BCUT2D eigenvalue weighted by Crippen LogP contribution is -2.44. The van der Waals surface area contributed by atoms with Crippen molar-refractivity contribution in [1.29, 1.82) is 0 Å². The summed E-state index contributed by atoms with van der Waals surface area (Å²) >= 11 is 0. The van der Waals surface area contributed by atoms with E-state index in [-0.39, 0.29) is 5.54 Å². The smallest absolute Gasteiger partial charge is 0.131 e. The lowest BCUT2D eigenvalue weighted by Gasteiger charge is -2.34. The Morgan fingerprint density at radius 2 is 2.10 bits per heavy atom. The minimum Gasteiger partial charge on any atom is -0.375 e. The fourth-order valence-electron chi connectivity index (χ4n) is 2.80. The Morgan fingerprint density at radius 1 is 1.38 bits per heavy atom. The van der Waals surface area contributed by atoms with Crippen LogP contribution in [0.2, 0.25) is 0 Å². The van der Waals surface area contributed by atoms with Crippen LogP contribution in [0, 0.1) is 6.92 Å². The summed E-state index contributed by atoms with van der Waals surface area (Å²) in [6.45, 7) is 14.4. The highest BCUT2D eigenvalue weighted by atomic mass is 16.5. The second-order valence-electron chi connectivity index (χ2n) is 6.96. The molecule has 0 saturated carbocycles. The summed E-state index contributed by atoms with van der Waals surface area (Å²) in [5.74, 6) is 1.24. The largest absolute Gasteiger partial charge is 0.375 e. The molecular weight excluding hydrogens is 264 g/mol. The molecule has 0 bridgehead atoms. The first-order chi connectivity index (χ1) is 9.81. The summed E-state index contributed by atoms with van der Waals surface area (Å²) in [4.78, 5) is 2.43. The van der Waals surface area contributed by atoms with E-state index in [1.165, 1.54) is 11.4 Å². The molecule has 120 valence electrons. The van der Waals surface area contributed by atoms with Gasteiger partial charge in [0.2, 0.25) is 0 Å². The van der Waals surface area contributed by atoms with Gasteiger partial charge < -0.3 is 15.0 Å². The van der Waals surface area contributed by atoms with E-state index in [1.807, 2.05) is 11.7 Å². The third kappa shape index (κ3) is 3.98. The SMILES string of the molecule is CCC1CN(c2c(CNC(C)(C)C)c(C)nn2C)CCO1. The van der Waals surface area contributed by atoms with Crippen LogP contribution >= 0.6 is 0 Å². The number of nitrogens with zero attached hydrogens (tertiary/aromatic N) is 3. The summed E-state index contributed by atoms with van der Waals surface area (Å²) in [7, 11) is 2.04. The van der Waals surface area contributed by atoms with E-state index in [1.54, 1.807) is 0 Å². The molecular formula is C16H30N4O. The molecule has 2 heterocycles. The first-order valence-electron chi connectivity index (χ1n) is 7.96. The van der Waals surface area contributed by atoms with Crippen LogP contribution in [0.4, 0.5) is 5.82 Å². The van der Waals surface area contributed by atoms with Gasteiger partial charge in [-0.3, -0.25) is 4.68 Å². The normalized spacial score (nSPS) is 20.1. The van der Waals surface area contributed by atoms with Crippen LogP contribution in [0.1, 0.15) is 45.4 Å². The number of aryl methyl sites for hydroxylation is 2. The van der Waals surface area contributed by atoms with Gasteiger partial charge in [-0.2, -0.15) is 5.10 Å². The molecule has 1 aliphatic rings. The number of morpholine rings is 1. The van der Waals surface area contributed by atoms with Gasteiger partial charge in [-0.05, 0) is 34.1 Å². The molecule has 2 rings (SSSR count). The molecule has 0 spiro atoms. The lowest BCUT2D eigenvalue weighted by molar-refractivity contribution is 0.0379. The zero-order chi connectivity index (χ0) is 15.6. The van der Waals surface area contributed by atoms with Gasteiger partial charge in [-0.15, -0.1) is 0 Å². The molecule has 1 aromatic heterocycles. The summed E-state index contributed by atoms with van der Waals surface area (Å²) in [5.41, 5.74) is 2.53. The molecule has 0 amide bonds. The van der Waals surface area contributed by atoms with Crippen molar-refractivity contribution in [2.24, 2.45) is 7.05 Å². The highest BCUT2D eigenvalue weighted by Gasteiger charge is 2.25. The molecule has 1 aliphatic heterocycles. The number of nitrogens with one attached hydrogen (secondary N) is 1. The Morgan fingerprint density at radius 3 is 2.71 bits per heavy atom. The lowest BCUT2D eigenvalue weighted by atomic mass is 10.1. The van der Waals surface area contributed by atoms with Crippen LogP contribution in [0.3, 0.4) is 0 Å². The van der Waals surface area contributed by atoms with Gasteiger partial charge >= 0.3 is 0 Å². The zero-order valence-electron chi connectivity index (χ0n) is 14.4. The van der Waals surface area contributed by atoms with E-state index in [0.717, 1.165) is 38.4 Å². The number of ether oxygens (including phenoxy) is 1. The van der Waals surface area contributed by atoms with Crippen molar-refractivity contribution in [3.63, 3.8) is 0 Å². The van der Waals surface area contributed by atoms with Gasteiger partial charge in [0, 0.05) is 37.8 Å². The fourth-order valence-corrected chi connectivity index (χ4v) is 2.80. The molecule has 0 aliphatic carbocycles.